The molecule has 1 saturated heterocycles. The molecule has 0 radical (unpaired) electrons. The van der Waals surface area contributed by atoms with Crippen molar-refractivity contribution in [2.24, 2.45) is 0 Å². The van der Waals surface area contributed by atoms with Gasteiger partial charge in [-0.15, -0.1) is 0 Å². The number of carbonyl (C=O) groups excluding carboxylic acids is 1. The Morgan fingerprint density at radius 1 is 1.00 bits per heavy atom. The second-order valence-corrected chi connectivity index (χ2v) is 8.43. The Hall–Kier alpha value is -2.73. The molecule has 2 aliphatic rings. The first-order valence-corrected chi connectivity index (χ1v) is 11.3. The van der Waals surface area contributed by atoms with Crippen molar-refractivity contribution in [1.82, 2.24) is 9.80 Å². The molecule has 2 aromatic rings. The van der Waals surface area contributed by atoms with E-state index in [0.717, 1.165) is 31.6 Å². The average molecular weight is 424 g/mol. The third-order valence-corrected chi connectivity index (χ3v) is 6.44. The smallest absolute Gasteiger partial charge is 0.321 e. The molecule has 6 nitrogen and oxygen atoms in total. The van der Waals surface area contributed by atoms with Gasteiger partial charge in [-0.05, 0) is 50.3 Å². The van der Waals surface area contributed by atoms with Crippen LogP contribution in [0.2, 0.25) is 0 Å². The lowest BCUT2D eigenvalue weighted by atomic mass is 10.1. The van der Waals surface area contributed by atoms with Crippen LogP contribution in [0.25, 0.3) is 0 Å². The van der Waals surface area contributed by atoms with Crippen LogP contribution in [0.5, 0.6) is 11.5 Å². The fraction of sp³-hybridized carbons (Fsp3) is 0.480. The van der Waals surface area contributed by atoms with Crippen LogP contribution < -0.4 is 14.8 Å². The fourth-order valence-electron chi connectivity index (χ4n) is 4.49. The van der Waals surface area contributed by atoms with Crippen molar-refractivity contribution in [1.29, 1.82) is 0 Å². The van der Waals surface area contributed by atoms with Crippen molar-refractivity contribution >= 4 is 11.7 Å². The predicted molar refractivity (Wildman–Crippen MR) is 123 cm³/mol. The molecule has 1 heterocycles. The molecule has 1 aliphatic carbocycles. The quantitative estimate of drug-likeness (QED) is 0.716. The van der Waals surface area contributed by atoms with Gasteiger partial charge in [-0.25, -0.2) is 4.79 Å². The van der Waals surface area contributed by atoms with Gasteiger partial charge in [-0.3, -0.25) is 4.90 Å². The molecule has 2 aromatic carbocycles. The standard InChI is InChI=1S/C25H33N3O3/c1-19(20-8-4-3-5-9-20)27-14-16-28(17-15-27)25(29)26-21-12-13-23(30-2)24(18-21)31-22-10-6-7-11-22/h3-5,8-9,12-13,18-19,22H,6-7,10-11,14-17H2,1-2H3,(H,26,29). The third kappa shape index (κ3) is 5.31. The minimum Gasteiger partial charge on any atom is -0.493 e. The zero-order valence-electron chi connectivity index (χ0n) is 18.5. The second kappa shape index (κ2) is 10.1. The largest absolute Gasteiger partial charge is 0.493 e. The number of piperazine rings is 1. The molecule has 1 N–H and O–H groups in total. The van der Waals surface area contributed by atoms with Crippen LogP contribution in [0.3, 0.4) is 0 Å². The summed E-state index contributed by atoms with van der Waals surface area (Å²) in [6.07, 6.45) is 4.80. The number of methoxy groups -OCH3 is 1. The first-order valence-electron chi connectivity index (χ1n) is 11.3. The van der Waals surface area contributed by atoms with E-state index in [1.807, 2.05) is 29.2 Å². The first-order chi connectivity index (χ1) is 15.1. The van der Waals surface area contributed by atoms with Crippen LogP contribution in [0.4, 0.5) is 10.5 Å². The first kappa shape index (κ1) is 21.5. The number of amides is 2. The van der Waals surface area contributed by atoms with Crippen molar-refractivity contribution in [2.75, 3.05) is 38.6 Å². The zero-order chi connectivity index (χ0) is 21.6. The number of anilines is 1. The summed E-state index contributed by atoms with van der Waals surface area (Å²) in [5.41, 5.74) is 2.05. The van der Waals surface area contributed by atoms with Gasteiger partial charge in [0, 0.05) is 44.0 Å². The Balaban J connectivity index is 1.33. The van der Waals surface area contributed by atoms with E-state index in [1.165, 1.54) is 18.4 Å². The summed E-state index contributed by atoms with van der Waals surface area (Å²) in [5.74, 6) is 1.40. The Bertz CT molecular complexity index is 860. The Kier molecular flexibility index (Phi) is 6.97. The van der Waals surface area contributed by atoms with Crippen molar-refractivity contribution < 1.29 is 14.3 Å². The van der Waals surface area contributed by atoms with Gasteiger partial charge in [0.1, 0.15) is 0 Å². The van der Waals surface area contributed by atoms with Crippen molar-refractivity contribution in [3.63, 3.8) is 0 Å². The molecule has 1 unspecified atom stereocenters. The number of nitrogens with one attached hydrogen (secondary N) is 1. The van der Waals surface area contributed by atoms with E-state index in [2.05, 4.69) is 41.4 Å². The summed E-state index contributed by atoms with van der Waals surface area (Å²) in [4.78, 5) is 17.2. The molecule has 0 aromatic heterocycles. The van der Waals surface area contributed by atoms with E-state index in [9.17, 15) is 4.79 Å². The van der Waals surface area contributed by atoms with Crippen molar-refractivity contribution in [3.05, 3.63) is 54.1 Å². The minimum atomic E-state index is -0.0657. The van der Waals surface area contributed by atoms with Crippen LogP contribution in [0, 0.1) is 0 Å². The maximum atomic E-state index is 12.8. The van der Waals surface area contributed by atoms with E-state index in [1.54, 1.807) is 7.11 Å². The summed E-state index contributed by atoms with van der Waals surface area (Å²) in [7, 11) is 1.64. The lowest BCUT2D eigenvalue weighted by Gasteiger charge is -2.38. The highest BCUT2D eigenvalue weighted by Crippen LogP contribution is 2.34. The molecule has 1 atom stereocenters. The van der Waals surface area contributed by atoms with Crippen LogP contribution in [0.1, 0.15) is 44.2 Å². The maximum absolute atomic E-state index is 12.8. The fourth-order valence-corrected chi connectivity index (χ4v) is 4.49. The summed E-state index contributed by atoms with van der Waals surface area (Å²) in [6, 6.07) is 16.4. The molecule has 0 bridgehead atoms. The molecular weight excluding hydrogens is 390 g/mol. The normalized spacial score (nSPS) is 18.6. The molecule has 1 saturated carbocycles. The van der Waals surface area contributed by atoms with Gasteiger partial charge in [0.25, 0.3) is 0 Å². The Morgan fingerprint density at radius 3 is 2.39 bits per heavy atom. The molecule has 4 rings (SSSR count). The van der Waals surface area contributed by atoms with Crippen LogP contribution in [0.15, 0.2) is 48.5 Å². The van der Waals surface area contributed by atoms with Crippen molar-refractivity contribution in [3.8, 4) is 11.5 Å². The molecule has 1 aliphatic heterocycles. The van der Waals surface area contributed by atoms with Gasteiger partial charge in [-0.1, -0.05) is 30.3 Å². The minimum absolute atomic E-state index is 0.0657. The number of hydrogen-bond donors (Lipinski definition) is 1. The number of ether oxygens (including phenoxy) is 2. The highest BCUT2D eigenvalue weighted by molar-refractivity contribution is 5.89. The topological polar surface area (TPSA) is 54.0 Å². The number of urea groups is 1. The Morgan fingerprint density at radius 2 is 1.71 bits per heavy atom. The predicted octanol–water partition coefficient (Wildman–Crippen LogP) is 4.93. The van der Waals surface area contributed by atoms with E-state index < -0.39 is 0 Å². The summed E-state index contributed by atoms with van der Waals surface area (Å²) in [6.45, 7) is 5.38. The highest BCUT2D eigenvalue weighted by Gasteiger charge is 2.25. The number of rotatable bonds is 6. The monoisotopic (exact) mass is 423 g/mol. The van der Waals surface area contributed by atoms with Gasteiger partial charge >= 0.3 is 6.03 Å². The molecule has 166 valence electrons. The molecule has 0 spiro atoms. The zero-order valence-corrected chi connectivity index (χ0v) is 18.5. The summed E-state index contributed by atoms with van der Waals surface area (Å²) >= 11 is 0. The average Bonchev–Trinajstić information content (AvgIpc) is 3.32. The van der Waals surface area contributed by atoms with Crippen LogP contribution in [-0.2, 0) is 0 Å². The van der Waals surface area contributed by atoms with Gasteiger partial charge < -0.3 is 19.7 Å². The van der Waals surface area contributed by atoms with Crippen LogP contribution >= 0.6 is 0 Å². The number of hydrogen-bond acceptors (Lipinski definition) is 4. The van der Waals surface area contributed by atoms with Gasteiger partial charge in [0.15, 0.2) is 11.5 Å². The number of carbonyl (C=O) groups is 1. The SMILES string of the molecule is COc1ccc(NC(=O)N2CCN(C(C)c3ccccc3)CC2)cc1OC1CCCC1. The van der Waals surface area contributed by atoms with Gasteiger partial charge in [0.2, 0.25) is 0 Å². The highest BCUT2D eigenvalue weighted by atomic mass is 16.5. The van der Waals surface area contributed by atoms with Gasteiger partial charge in [-0.2, -0.15) is 0 Å². The van der Waals surface area contributed by atoms with E-state index in [4.69, 9.17) is 9.47 Å². The third-order valence-electron chi connectivity index (χ3n) is 6.44. The maximum Gasteiger partial charge on any atom is 0.321 e. The van der Waals surface area contributed by atoms with E-state index >= 15 is 0 Å². The van der Waals surface area contributed by atoms with Crippen LogP contribution in [-0.4, -0.2) is 55.2 Å². The summed E-state index contributed by atoms with van der Waals surface area (Å²) < 4.78 is 11.6. The number of nitrogens with zero attached hydrogens (tertiary/aromatic N) is 2. The number of benzene rings is 2. The lowest BCUT2D eigenvalue weighted by Crippen LogP contribution is -2.50. The van der Waals surface area contributed by atoms with Gasteiger partial charge in [0.05, 0.1) is 13.2 Å². The lowest BCUT2D eigenvalue weighted by molar-refractivity contribution is 0.119. The molecular formula is C25H33N3O3. The second-order valence-electron chi connectivity index (χ2n) is 8.43. The molecule has 2 fully saturated rings. The molecule has 31 heavy (non-hydrogen) atoms. The van der Waals surface area contributed by atoms with E-state index in [-0.39, 0.29) is 12.1 Å². The molecule has 2 amide bonds. The summed E-state index contributed by atoms with van der Waals surface area (Å²) in [5, 5.41) is 3.04. The molecule has 6 heteroatoms. The van der Waals surface area contributed by atoms with Crippen molar-refractivity contribution in [2.45, 2.75) is 44.8 Å². The Labute approximate surface area is 185 Å². The van der Waals surface area contributed by atoms with E-state index in [0.29, 0.717) is 30.6 Å².